The number of carbonyl (C=O) groups excluding carboxylic acids is 2. The summed E-state index contributed by atoms with van der Waals surface area (Å²) in [5.74, 6) is -1.18. The van der Waals surface area contributed by atoms with Gasteiger partial charge >= 0.3 is 5.97 Å². The molecule has 0 bridgehead atoms. The zero-order chi connectivity index (χ0) is 14.4. The number of benzene rings is 1. The molecular weight excluding hydrogens is 252 g/mol. The van der Waals surface area contributed by atoms with Crippen molar-refractivity contribution < 1.29 is 29.3 Å². The lowest BCUT2D eigenvalue weighted by atomic mass is 10.0. The van der Waals surface area contributed by atoms with E-state index in [1.165, 1.54) is 20.3 Å². The quantitative estimate of drug-likeness (QED) is 0.601. The van der Waals surface area contributed by atoms with Gasteiger partial charge in [-0.3, -0.25) is 9.59 Å². The summed E-state index contributed by atoms with van der Waals surface area (Å²) in [6.07, 6.45) is 0.558. The van der Waals surface area contributed by atoms with Crippen LogP contribution in [-0.4, -0.2) is 36.2 Å². The number of methoxy groups -OCH3 is 2. The maximum absolute atomic E-state index is 11.9. The maximum Gasteiger partial charge on any atom is 0.305 e. The van der Waals surface area contributed by atoms with E-state index in [0.29, 0.717) is 6.42 Å². The average molecular weight is 268 g/mol. The van der Waals surface area contributed by atoms with Crippen molar-refractivity contribution in [2.45, 2.75) is 19.3 Å². The Bertz CT molecular complexity index is 480. The van der Waals surface area contributed by atoms with Crippen molar-refractivity contribution in [1.82, 2.24) is 0 Å². The van der Waals surface area contributed by atoms with E-state index >= 15 is 0 Å². The third-order valence-electron chi connectivity index (χ3n) is 2.61. The van der Waals surface area contributed by atoms with Crippen LogP contribution in [0.15, 0.2) is 12.1 Å². The monoisotopic (exact) mass is 268 g/mol. The zero-order valence-electron chi connectivity index (χ0n) is 10.8. The molecule has 0 aromatic heterocycles. The predicted molar refractivity (Wildman–Crippen MR) is 66.5 cm³/mol. The summed E-state index contributed by atoms with van der Waals surface area (Å²) in [5.41, 5.74) is 0.0551. The van der Waals surface area contributed by atoms with Gasteiger partial charge in [-0.25, -0.2) is 0 Å². The molecule has 0 radical (unpaired) electrons. The molecule has 19 heavy (non-hydrogen) atoms. The fourth-order valence-electron chi connectivity index (χ4n) is 1.57. The molecule has 0 fully saturated rings. The van der Waals surface area contributed by atoms with Crippen LogP contribution in [0.1, 0.15) is 29.6 Å². The Hall–Kier alpha value is -2.24. The Morgan fingerprint density at radius 3 is 2.37 bits per heavy atom. The summed E-state index contributed by atoms with van der Waals surface area (Å²) in [7, 11) is 2.62. The van der Waals surface area contributed by atoms with Crippen LogP contribution in [0.5, 0.6) is 17.2 Å². The van der Waals surface area contributed by atoms with Crippen molar-refractivity contribution in [2.24, 2.45) is 0 Å². The first-order valence-electron chi connectivity index (χ1n) is 5.69. The molecule has 0 aliphatic heterocycles. The maximum atomic E-state index is 11.9. The highest BCUT2D eigenvalue weighted by Gasteiger charge is 2.16. The van der Waals surface area contributed by atoms with Crippen LogP contribution in [0.2, 0.25) is 0 Å². The number of hydrogen-bond donors (Lipinski definition) is 2. The first kappa shape index (κ1) is 14.8. The number of rotatable bonds is 6. The molecule has 0 unspecified atom stereocenters. The number of carbonyl (C=O) groups is 2. The molecule has 0 aliphatic rings. The lowest BCUT2D eigenvalue weighted by molar-refractivity contribution is -0.140. The number of phenols is 2. The lowest BCUT2D eigenvalue weighted by Crippen LogP contribution is -2.04. The van der Waals surface area contributed by atoms with E-state index in [2.05, 4.69) is 4.74 Å². The Morgan fingerprint density at radius 1 is 1.11 bits per heavy atom. The molecule has 1 aromatic rings. The molecule has 6 heteroatoms. The second-order valence-corrected chi connectivity index (χ2v) is 3.89. The molecule has 1 aromatic carbocycles. The van der Waals surface area contributed by atoms with Gasteiger partial charge in [0.1, 0.15) is 5.75 Å². The van der Waals surface area contributed by atoms with Crippen LogP contribution in [0.3, 0.4) is 0 Å². The highest BCUT2D eigenvalue weighted by atomic mass is 16.5. The average Bonchev–Trinajstić information content (AvgIpc) is 2.38. The van der Waals surface area contributed by atoms with Gasteiger partial charge in [0.05, 0.1) is 19.8 Å². The molecule has 0 heterocycles. The number of hydrogen-bond acceptors (Lipinski definition) is 6. The highest BCUT2D eigenvalue weighted by molar-refractivity contribution is 5.99. The van der Waals surface area contributed by atoms with Crippen molar-refractivity contribution in [3.05, 3.63) is 17.7 Å². The second-order valence-electron chi connectivity index (χ2n) is 3.89. The minimum Gasteiger partial charge on any atom is -0.507 e. The Labute approximate surface area is 110 Å². The topological polar surface area (TPSA) is 93.1 Å². The summed E-state index contributed by atoms with van der Waals surface area (Å²) in [4.78, 5) is 22.8. The number of esters is 1. The Morgan fingerprint density at radius 2 is 1.79 bits per heavy atom. The Kier molecular flexibility index (Phi) is 5.17. The smallest absolute Gasteiger partial charge is 0.305 e. The molecule has 0 saturated heterocycles. The predicted octanol–water partition coefficient (Wildman–Crippen LogP) is 1.63. The van der Waals surface area contributed by atoms with Gasteiger partial charge in [-0.15, -0.1) is 0 Å². The molecule has 104 valence electrons. The third-order valence-corrected chi connectivity index (χ3v) is 2.61. The molecule has 2 N–H and O–H groups in total. The fraction of sp³-hybridized carbons (Fsp3) is 0.385. The molecule has 6 nitrogen and oxygen atoms in total. The minimum atomic E-state index is -0.389. The Balaban J connectivity index is 2.74. The highest BCUT2D eigenvalue weighted by Crippen LogP contribution is 2.33. The first-order chi connectivity index (χ1) is 8.99. The molecule has 0 aliphatic carbocycles. The van der Waals surface area contributed by atoms with Crippen LogP contribution in [0, 0.1) is 0 Å². The van der Waals surface area contributed by atoms with Crippen molar-refractivity contribution in [3.63, 3.8) is 0 Å². The van der Waals surface area contributed by atoms with Gasteiger partial charge in [-0.1, -0.05) is 0 Å². The number of ketones is 1. The van der Waals surface area contributed by atoms with E-state index in [1.54, 1.807) is 0 Å². The number of Topliss-reactive ketones (excluding diaryl/α,β-unsaturated/α-hetero) is 1. The standard InChI is InChI=1S/C13H16O6/c1-18-12-6-8(10(15)7-11(12)16)9(14)4-3-5-13(17)19-2/h6-7,15-16H,3-5H2,1-2H3. The van der Waals surface area contributed by atoms with E-state index in [9.17, 15) is 19.8 Å². The van der Waals surface area contributed by atoms with E-state index in [0.717, 1.165) is 6.07 Å². The second kappa shape index (κ2) is 6.63. The van der Waals surface area contributed by atoms with Gasteiger partial charge in [-0.2, -0.15) is 0 Å². The number of phenolic OH excluding ortho intramolecular Hbond substituents is 2. The van der Waals surface area contributed by atoms with Crippen LogP contribution in [0.25, 0.3) is 0 Å². The van der Waals surface area contributed by atoms with Crippen LogP contribution in [0.4, 0.5) is 0 Å². The van der Waals surface area contributed by atoms with Gasteiger partial charge in [0.15, 0.2) is 17.3 Å². The van der Waals surface area contributed by atoms with Crippen molar-refractivity contribution >= 4 is 11.8 Å². The van der Waals surface area contributed by atoms with Crippen molar-refractivity contribution in [1.29, 1.82) is 0 Å². The normalized spacial score (nSPS) is 10.0. The van der Waals surface area contributed by atoms with Gasteiger partial charge < -0.3 is 19.7 Å². The van der Waals surface area contributed by atoms with E-state index in [-0.39, 0.29) is 47.4 Å². The fourth-order valence-corrected chi connectivity index (χ4v) is 1.57. The number of ether oxygens (including phenoxy) is 2. The molecular formula is C13H16O6. The largest absolute Gasteiger partial charge is 0.507 e. The SMILES string of the molecule is COC(=O)CCCC(=O)c1cc(OC)c(O)cc1O. The zero-order valence-corrected chi connectivity index (χ0v) is 10.8. The molecule has 1 rings (SSSR count). The molecule has 0 amide bonds. The van der Waals surface area contributed by atoms with E-state index < -0.39 is 0 Å². The molecule has 0 saturated carbocycles. The van der Waals surface area contributed by atoms with Crippen LogP contribution >= 0.6 is 0 Å². The summed E-state index contributed by atoms with van der Waals surface area (Å²) in [5, 5.41) is 19.0. The van der Waals surface area contributed by atoms with Crippen LogP contribution in [-0.2, 0) is 9.53 Å². The van der Waals surface area contributed by atoms with Crippen molar-refractivity contribution in [2.75, 3.05) is 14.2 Å². The van der Waals surface area contributed by atoms with Gasteiger partial charge in [0, 0.05) is 18.9 Å². The van der Waals surface area contributed by atoms with E-state index in [4.69, 9.17) is 4.74 Å². The summed E-state index contributed by atoms with van der Waals surface area (Å²) >= 11 is 0. The van der Waals surface area contributed by atoms with Gasteiger partial charge in [0.25, 0.3) is 0 Å². The molecule has 0 spiro atoms. The number of aromatic hydroxyl groups is 2. The lowest BCUT2D eigenvalue weighted by Gasteiger charge is -2.08. The van der Waals surface area contributed by atoms with E-state index in [1.807, 2.05) is 0 Å². The summed E-state index contributed by atoms with van der Waals surface area (Å²) < 4.78 is 9.32. The van der Waals surface area contributed by atoms with Gasteiger partial charge in [-0.05, 0) is 12.5 Å². The van der Waals surface area contributed by atoms with Crippen LogP contribution < -0.4 is 4.74 Å². The van der Waals surface area contributed by atoms with Crippen molar-refractivity contribution in [3.8, 4) is 17.2 Å². The van der Waals surface area contributed by atoms with Gasteiger partial charge in [0.2, 0.25) is 0 Å². The molecule has 0 atom stereocenters. The first-order valence-corrected chi connectivity index (χ1v) is 5.69. The minimum absolute atomic E-state index is 0.0551. The third kappa shape index (κ3) is 3.87. The summed E-state index contributed by atoms with van der Waals surface area (Å²) in [6.45, 7) is 0. The summed E-state index contributed by atoms with van der Waals surface area (Å²) in [6, 6.07) is 2.32.